The summed E-state index contributed by atoms with van der Waals surface area (Å²) >= 11 is 1.65. The Kier molecular flexibility index (Phi) is 4.34. The number of nitrogens with zero attached hydrogens (tertiary/aromatic N) is 3. The van der Waals surface area contributed by atoms with Gasteiger partial charge in [-0.25, -0.2) is 0 Å². The fourth-order valence-electron chi connectivity index (χ4n) is 2.98. The molecular weight excluding hydrogens is 344 g/mol. The van der Waals surface area contributed by atoms with E-state index in [1.54, 1.807) is 17.5 Å². The molecule has 4 rings (SSSR count). The number of hydrogen-bond acceptors (Lipinski definition) is 3. The summed E-state index contributed by atoms with van der Waals surface area (Å²) < 4.78 is 5.02. The third-order valence-corrected chi connectivity index (χ3v) is 5.18. The standard InChI is InChI=1S/C20H20N4OS/c1-14(2)24-13-16(11-21-24)22-20(25)18-10-19-17(8-9-26-19)23(18)12-15-6-4-3-5-7-15/h3-11,13-14H,12H2,1-2H3,(H,22,25). The molecule has 132 valence electrons. The molecule has 0 atom stereocenters. The first-order valence-electron chi connectivity index (χ1n) is 8.58. The maximum absolute atomic E-state index is 12.9. The highest BCUT2D eigenvalue weighted by molar-refractivity contribution is 7.17. The average molecular weight is 364 g/mol. The molecular formula is C20H20N4OS. The van der Waals surface area contributed by atoms with Gasteiger partial charge in [-0.05, 0) is 36.9 Å². The maximum Gasteiger partial charge on any atom is 0.272 e. The van der Waals surface area contributed by atoms with Gasteiger partial charge in [0, 0.05) is 18.8 Å². The highest BCUT2D eigenvalue weighted by Gasteiger charge is 2.17. The summed E-state index contributed by atoms with van der Waals surface area (Å²) in [5.41, 5.74) is 3.62. The largest absolute Gasteiger partial charge is 0.331 e. The molecule has 4 aromatic rings. The van der Waals surface area contributed by atoms with Crippen molar-refractivity contribution in [2.75, 3.05) is 5.32 Å². The number of carbonyl (C=O) groups is 1. The van der Waals surface area contributed by atoms with Crippen LogP contribution in [0.3, 0.4) is 0 Å². The van der Waals surface area contributed by atoms with Crippen LogP contribution in [0.15, 0.2) is 60.2 Å². The lowest BCUT2D eigenvalue weighted by molar-refractivity contribution is 0.101. The second-order valence-electron chi connectivity index (χ2n) is 6.53. The van der Waals surface area contributed by atoms with Gasteiger partial charge in [0.2, 0.25) is 0 Å². The molecule has 0 bridgehead atoms. The highest BCUT2D eigenvalue weighted by Crippen LogP contribution is 2.27. The first-order valence-corrected chi connectivity index (χ1v) is 9.46. The van der Waals surface area contributed by atoms with Crippen molar-refractivity contribution in [3.63, 3.8) is 0 Å². The van der Waals surface area contributed by atoms with E-state index in [0.717, 1.165) is 15.8 Å². The number of benzene rings is 1. The summed E-state index contributed by atoms with van der Waals surface area (Å²) in [7, 11) is 0. The van der Waals surface area contributed by atoms with Gasteiger partial charge in [-0.2, -0.15) is 5.10 Å². The molecule has 1 aromatic carbocycles. The van der Waals surface area contributed by atoms with E-state index in [1.165, 1.54) is 0 Å². The van der Waals surface area contributed by atoms with Crippen molar-refractivity contribution in [1.29, 1.82) is 0 Å². The smallest absolute Gasteiger partial charge is 0.272 e. The van der Waals surface area contributed by atoms with Crippen molar-refractivity contribution < 1.29 is 4.79 Å². The van der Waals surface area contributed by atoms with Gasteiger partial charge in [-0.15, -0.1) is 11.3 Å². The van der Waals surface area contributed by atoms with E-state index in [4.69, 9.17) is 0 Å². The Hall–Kier alpha value is -2.86. The zero-order chi connectivity index (χ0) is 18.1. The van der Waals surface area contributed by atoms with E-state index >= 15 is 0 Å². The SMILES string of the molecule is CC(C)n1cc(NC(=O)c2cc3sccc3n2Cc2ccccc2)cn1. The zero-order valence-corrected chi connectivity index (χ0v) is 15.5. The van der Waals surface area contributed by atoms with Crippen molar-refractivity contribution in [2.24, 2.45) is 0 Å². The summed E-state index contributed by atoms with van der Waals surface area (Å²) in [6.45, 7) is 4.77. The average Bonchev–Trinajstić information content (AvgIpc) is 3.33. The van der Waals surface area contributed by atoms with E-state index in [1.807, 2.05) is 35.1 Å². The van der Waals surface area contributed by atoms with Crippen LogP contribution in [-0.4, -0.2) is 20.3 Å². The third kappa shape index (κ3) is 3.15. The Morgan fingerprint density at radius 1 is 1.23 bits per heavy atom. The summed E-state index contributed by atoms with van der Waals surface area (Å²) in [5, 5.41) is 9.31. The highest BCUT2D eigenvalue weighted by atomic mass is 32.1. The predicted molar refractivity (Wildman–Crippen MR) is 106 cm³/mol. The maximum atomic E-state index is 12.9. The minimum atomic E-state index is -0.118. The number of anilines is 1. The number of hydrogen-bond donors (Lipinski definition) is 1. The monoisotopic (exact) mass is 364 g/mol. The Labute approximate surface area is 155 Å². The molecule has 0 fully saturated rings. The van der Waals surface area contributed by atoms with Crippen molar-refractivity contribution in [3.05, 3.63) is 71.5 Å². The molecule has 1 amide bonds. The lowest BCUT2D eigenvalue weighted by Crippen LogP contribution is -2.17. The van der Waals surface area contributed by atoms with Crippen LogP contribution < -0.4 is 5.32 Å². The number of amides is 1. The van der Waals surface area contributed by atoms with Crippen LogP contribution in [0.5, 0.6) is 0 Å². The molecule has 1 N–H and O–H groups in total. The Balaban J connectivity index is 1.65. The lowest BCUT2D eigenvalue weighted by atomic mass is 10.2. The van der Waals surface area contributed by atoms with Gasteiger partial charge in [0.25, 0.3) is 5.91 Å². The third-order valence-electron chi connectivity index (χ3n) is 4.33. The second kappa shape index (κ2) is 6.80. The van der Waals surface area contributed by atoms with Gasteiger partial charge in [0.1, 0.15) is 5.69 Å². The Morgan fingerprint density at radius 2 is 2.04 bits per heavy atom. The van der Waals surface area contributed by atoms with Crippen molar-refractivity contribution >= 4 is 33.1 Å². The zero-order valence-electron chi connectivity index (χ0n) is 14.7. The molecule has 3 heterocycles. The quantitative estimate of drug-likeness (QED) is 0.554. The number of nitrogens with one attached hydrogen (secondary N) is 1. The van der Waals surface area contributed by atoms with E-state index in [0.29, 0.717) is 17.9 Å². The van der Waals surface area contributed by atoms with Crippen LogP contribution in [0.2, 0.25) is 0 Å². The van der Waals surface area contributed by atoms with Crippen molar-refractivity contribution in [2.45, 2.75) is 26.4 Å². The Morgan fingerprint density at radius 3 is 2.77 bits per heavy atom. The second-order valence-corrected chi connectivity index (χ2v) is 7.48. The summed E-state index contributed by atoms with van der Waals surface area (Å²) in [6.07, 6.45) is 3.54. The minimum Gasteiger partial charge on any atom is -0.331 e. The topological polar surface area (TPSA) is 51.9 Å². The number of carbonyl (C=O) groups excluding carboxylic acids is 1. The van der Waals surface area contributed by atoms with Crippen molar-refractivity contribution in [3.8, 4) is 0 Å². The Bertz CT molecular complexity index is 1040. The number of aromatic nitrogens is 3. The predicted octanol–water partition coefficient (Wildman–Crippen LogP) is 4.78. The lowest BCUT2D eigenvalue weighted by Gasteiger charge is -2.10. The van der Waals surface area contributed by atoms with Crippen LogP contribution in [0, 0.1) is 0 Å². The van der Waals surface area contributed by atoms with Gasteiger partial charge in [-0.1, -0.05) is 30.3 Å². The molecule has 0 unspecified atom stereocenters. The summed E-state index contributed by atoms with van der Waals surface area (Å²) in [6, 6.07) is 14.5. The molecule has 6 heteroatoms. The fourth-order valence-corrected chi connectivity index (χ4v) is 3.80. The molecule has 5 nitrogen and oxygen atoms in total. The van der Waals surface area contributed by atoms with Gasteiger partial charge < -0.3 is 9.88 Å². The van der Waals surface area contributed by atoms with E-state index in [9.17, 15) is 4.79 Å². The molecule has 0 aliphatic rings. The summed E-state index contributed by atoms with van der Waals surface area (Å²) in [4.78, 5) is 12.9. The van der Waals surface area contributed by atoms with Gasteiger partial charge in [0.05, 0.1) is 22.1 Å². The summed E-state index contributed by atoms with van der Waals surface area (Å²) in [5.74, 6) is -0.118. The first-order chi connectivity index (χ1) is 12.6. The molecule has 3 aromatic heterocycles. The molecule has 0 saturated heterocycles. The van der Waals surface area contributed by atoms with Crippen LogP contribution >= 0.6 is 11.3 Å². The molecule has 0 radical (unpaired) electrons. The van der Waals surface area contributed by atoms with Crippen LogP contribution in [-0.2, 0) is 6.54 Å². The van der Waals surface area contributed by atoms with Gasteiger partial charge in [0.15, 0.2) is 0 Å². The normalized spacial score (nSPS) is 11.3. The van der Waals surface area contributed by atoms with Crippen LogP contribution in [0.25, 0.3) is 10.2 Å². The molecule has 0 aliphatic heterocycles. The van der Waals surface area contributed by atoms with Crippen LogP contribution in [0.1, 0.15) is 35.9 Å². The molecule has 0 aliphatic carbocycles. The van der Waals surface area contributed by atoms with E-state index < -0.39 is 0 Å². The molecule has 26 heavy (non-hydrogen) atoms. The van der Waals surface area contributed by atoms with E-state index in [2.05, 4.69) is 52.4 Å². The molecule has 0 spiro atoms. The number of fused-ring (bicyclic) bond motifs is 1. The van der Waals surface area contributed by atoms with E-state index in [-0.39, 0.29) is 11.9 Å². The number of rotatable bonds is 5. The van der Waals surface area contributed by atoms with Gasteiger partial charge >= 0.3 is 0 Å². The van der Waals surface area contributed by atoms with Gasteiger partial charge in [-0.3, -0.25) is 9.48 Å². The fraction of sp³-hybridized carbons (Fsp3) is 0.200. The van der Waals surface area contributed by atoms with Crippen LogP contribution in [0.4, 0.5) is 5.69 Å². The van der Waals surface area contributed by atoms with Crippen molar-refractivity contribution in [1.82, 2.24) is 14.3 Å². The molecule has 0 saturated carbocycles. The number of thiophene rings is 1. The minimum absolute atomic E-state index is 0.118. The first kappa shape index (κ1) is 16.6.